The van der Waals surface area contributed by atoms with E-state index < -0.39 is 0 Å². The zero-order chi connectivity index (χ0) is 17.1. The van der Waals surface area contributed by atoms with Gasteiger partial charge in [-0.05, 0) is 60.0 Å². The molecule has 3 nitrogen and oxygen atoms in total. The number of benzene rings is 3. The van der Waals surface area contributed by atoms with Gasteiger partial charge >= 0.3 is 0 Å². The van der Waals surface area contributed by atoms with Crippen molar-refractivity contribution in [1.29, 1.82) is 0 Å². The Labute approximate surface area is 142 Å². The third kappa shape index (κ3) is 3.40. The molecule has 0 saturated carbocycles. The number of ether oxygens (including phenoxy) is 1. The molecule has 0 fully saturated rings. The molecular formula is C21H21NO2. The first-order chi connectivity index (χ1) is 11.6. The quantitative estimate of drug-likeness (QED) is 0.774. The van der Waals surface area contributed by atoms with Gasteiger partial charge in [-0.3, -0.25) is 4.79 Å². The van der Waals surface area contributed by atoms with Crippen molar-refractivity contribution >= 4 is 16.7 Å². The second-order valence-electron chi connectivity index (χ2n) is 6.05. The van der Waals surface area contributed by atoms with E-state index in [0.717, 1.165) is 38.8 Å². The van der Waals surface area contributed by atoms with Crippen molar-refractivity contribution in [2.24, 2.45) is 0 Å². The largest absolute Gasteiger partial charge is 0.497 e. The Kier molecular flexibility index (Phi) is 4.52. The minimum absolute atomic E-state index is 0.0395. The van der Waals surface area contributed by atoms with Gasteiger partial charge in [-0.15, -0.1) is 0 Å². The molecule has 1 N–H and O–H groups in total. The Morgan fingerprint density at radius 2 is 1.71 bits per heavy atom. The lowest BCUT2D eigenvalue weighted by Gasteiger charge is -2.09. The number of methoxy groups -OCH3 is 1. The van der Waals surface area contributed by atoms with E-state index in [2.05, 4.69) is 17.4 Å². The number of hydrogen-bond acceptors (Lipinski definition) is 2. The second kappa shape index (κ2) is 6.75. The van der Waals surface area contributed by atoms with E-state index >= 15 is 0 Å². The van der Waals surface area contributed by atoms with E-state index in [1.165, 1.54) is 0 Å². The number of aryl methyl sites for hydroxylation is 2. The molecule has 3 heteroatoms. The summed E-state index contributed by atoms with van der Waals surface area (Å²) < 4.78 is 5.24. The van der Waals surface area contributed by atoms with Gasteiger partial charge in [0.1, 0.15) is 5.75 Å². The van der Waals surface area contributed by atoms with Gasteiger partial charge in [0, 0.05) is 12.1 Å². The molecule has 0 aliphatic heterocycles. The average Bonchev–Trinajstić information content (AvgIpc) is 2.59. The van der Waals surface area contributed by atoms with Crippen LogP contribution in [0.4, 0.5) is 0 Å². The third-order valence-corrected chi connectivity index (χ3v) is 4.19. The van der Waals surface area contributed by atoms with Crippen LogP contribution in [-0.4, -0.2) is 13.0 Å². The third-order valence-electron chi connectivity index (χ3n) is 4.19. The highest BCUT2D eigenvalue weighted by Gasteiger charge is 2.08. The number of hydrogen-bond donors (Lipinski definition) is 1. The molecule has 24 heavy (non-hydrogen) atoms. The topological polar surface area (TPSA) is 38.3 Å². The number of rotatable bonds is 4. The molecule has 3 rings (SSSR count). The Morgan fingerprint density at radius 1 is 0.958 bits per heavy atom. The molecule has 122 valence electrons. The van der Waals surface area contributed by atoms with Crippen LogP contribution in [0, 0.1) is 13.8 Å². The highest BCUT2D eigenvalue weighted by molar-refractivity contribution is 5.95. The molecular weight excluding hydrogens is 298 g/mol. The van der Waals surface area contributed by atoms with Crippen LogP contribution in [0.1, 0.15) is 27.0 Å². The van der Waals surface area contributed by atoms with Crippen LogP contribution >= 0.6 is 0 Å². The fourth-order valence-corrected chi connectivity index (χ4v) is 2.86. The molecule has 0 saturated heterocycles. The van der Waals surface area contributed by atoms with Crippen LogP contribution in [0.3, 0.4) is 0 Å². The molecule has 0 radical (unpaired) electrons. The van der Waals surface area contributed by atoms with E-state index in [4.69, 9.17) is 4.74 Å². The monoisotopic (exact) mass is 319 g/mol. The van der Waals surface area contributed by atoms with Gasteiger partial charge < -0.3 is 10.1 Å². The Hall–Kier alpha value is -2.81. The predicted octanol–water partition coefficient (Wildman–Crippen LogP) is 4.40. The maximum absolute atomic E-state index is 12.4. The lowest BCUT2D eigenvalue weighted by atomic mass is 10.0. The average molecular weight is 319 g/mol. The summed E-state index contributed by atoms with van der Waals surface area (Å²) in [5.74, 6) is 0.806. The molecule has 0 unspecified atom stereocenters. The van der Waals surface area contributed by atoms with Crippen molar-refractivity contribution < 1.29 is 9.53 Å². The number of amides is 1. The van der Waals surface area contributed by atoms with Crippen molar-refractivity contribution in [3.8, 4) is 5.75 Å². The normalized spacial score (nSPS) is 10.6. The van der Waals surface area contributed by atoms with Crippen LogP contribution in [0.25, 0.3) is 10.8 Å². The first-order valence-corrected chi connectivity index (χ1v) is 7.99. The lowest BCUT2D eigenvalue weighted by Crippen LogP contribution is -2.23. The van der Waals surface area contributed by atoms with Gasteiger partial charge in [0.2, 0.25) is 0 Å². The second-order valence-corrected chi connectivity index (χ2v) is 6.05. The minimum Gasteiger partial charge on any atom is -0.497 e. The first-order valence-electron chi connectivity index (χ1n) is 7.99. The van der Waals surface area contributed by atoms with Crippen LogP contribution in [0.15, 0.2) is 54.6 Å². The predicted molar refractivity (Wildman–Crippen MR) is 97.6 cm³/mol. The fourth-order valence-electron chi connectivity index (χ4n) is 2.86. The minimum atomic E-state index is -0.0395. The van der Waals surface area contributed by atoms with E-state index in [1.54, 1.807) is 7.11 Å². The van der Waals surface area contributed by atoms with E-state index in [9.17, 15) is 4.79 Å². The zero-order valence-electron chi connectivity index (χ0n) is 14.2. The maximum atomic E-state index is 12.4. The fraction of sp³-hybridized carbons (Fsp3) is 0.190. The van der Waals surface area contributed by atoms with E-state index in [0.29, 0.717) is 6.54 Å². The maximum Gasteiger partial charge on any atom is 0.251 e. The van der Waals surface area contributed by atoms with Gasteiger partial charge in [0.25, 0.3) is 5.91 Å². The Balaban J connectivity index is 1.74. The van der Waals surface area contributed by atoms with Crippen LogP contribution < -0.4 is 10.1 Å². The first kappa shape index (κ1) is 16.1. The molecule has 0 aliphatic rings. The molecule has 0 aromatic heterocycles. The highest BCUT2D eigenvalue weighted by Crippen LogP contribution is 2.22. The SMILES string of the molecule is COc1ccc2cc(CNC(=O)c3ccc(C)cc3C)ccc2c1. The van der Waals surface area contributed by atoms with Gasteiger partial charge in [0.15, 0.2) is 0 Å². The van der Waals surface area contributed by atoms with Crippen LogP contribution in [0.2, 0.25) is 0 Å². The molecule has 3 aromatic rings. The lowest BCUT2D eigenvalue weighted by molar-refractivity contribution is 0.0950. The van der Waals surface area contributed by atoms with Gasteiger partial charge in [-0.25, -0.2) is 0 Å². The van der Waals surface area contributed by atoms with Crippen molar-refractivity contribution in [2.75, 3.05) is 7.11 Å². The molecule has 1 amide bonds. The van der Waals surface area contributed by atoms with Crippen molar-refractivity contribution in [1.82, 2.24) is 5.32 Å². The van der Waals surface area contributed by atoms with Crippen LogP contribution in [-0.2, 0) is 6.54 Å². The van der Waals surface area contributed by atoms with Crippen molar-refractivity contribution in [3.05, 3.63) is 76.9 Å². The smallest absolute Gasteiger partial charge is 0.251 e. The zero-order valence-corrected chi connectivity index (χ0v) is 14.2. The molecule has 0 bridgehead atoms. The summed E-state index contributed by atoms with van der Waals surface area (Å²) in [6.45, 7) is 4.50. The van der Waals surface area contributed by atoms with Crippen LogP contribution in [0.5, 0.6) is 5.75 Å². The number of carbonyl (C=O) groups excluding carboxylic acids is 1. The van der Waals surface area contributed by atoms with E-state index in [-0.39, 0.29) is 5.91 Å². The van der Waals surface area contributed by atoms with Gasteiger partial charge in [-0.1, -0.05) is 35.9 Å². The summed E-state index contributed by atoms with van der Waals surface area (Å²) >= 11 is 0. The summed E-state index contributed by atoms with van der Waals surface area (Å²) in [6.07, 6.45) is 0. The number of fused-ring (bicyclic) bond motifs is 1. The summed E-state index contributed by atoms with van der Waals surface area (Å²) in [5.41, 5.74) is 3.96. The van der Waals surface area contributed by atoms with Gasteiger partial charge in [-0.2, -0.15) is 0 Å². The molecule has 0 atom stereocenters. The molecule has 0 spiro atoms. The van der Waals surface area contributed by atoms with E-state index in [1.807, 2.05) is 56.3 Å². The number of nitrogens with one attached hydrogen (secondary N) is 1. The van der Waals surface area contributed by atoms with Crippen molar-refractivity contribution in [2.45, 2.75) is 20.4 Å². The highest BCUT2D eigenvalue weighted by atomic mass is 16.5. The van der Waals surface area contributed by atoms with Gasteiger partial charge in [0.05, 0.1) is 7.11 Å². The molecule has 0 heterocycles. The summed E-state index contributed by atoms with van der Waals surface area (Å²) in [6, 6.07) is 18.0. The standard InChI is InChI=1S/C21H21NO2/c1-14-4-9-20(15(2)10-14)21(23)22-13-16-5-6-18-12-19(24-3)8-7-17(18)11-16/h4-12H,13H2,1-3H3,(H,22,23). The molecule has 0 aliphatic carbocycles. The Bertz CT molecular complexity index is 899. The summed E-state index contributed by atoms with van der Waals surface area (Å²) in [5, 5.41) is 5.26. The van der Waals surface area contributed by atoms with Crippen molar-refractivity contribution in [3.63, 3.8) is 0 Å². The summed E-state index contributed by atoms with van der Waals surface area (Å²) in [7, 11) is 1.66. The number of carbonyl (C=O) groups is 1. The summed E-state index contributed by atoms with van der Waals surface area (Å²) in [4.78, 5) is 12.4. The molecule has 3 aromatic carbocycles. The Morgan fingerprint density at radius 3 is 2.46 bits per heavy atom.